The van der Waals surface area contributed by atoms with Gasteiger partial charge in [-0.3, -0.25) is 0 Å². The topological polar surface area (TPSA) is 83.8 Å². The van der Waals surface area contributed by atoms with Gasteiger partial charge in [0.25, 0.3) is 0 Å². The summed E-state index contributed by atoms with van der Waals surface area (Å²) in [6.45, 7) is 0. The van der Waals surface area contributed by atoms with Crippen molar-refractivity contribution in [2.45, 2.75) is 11.1 Å². The van der Waals surface area contributed by atoms with Crippen molar-refractivity contribution < 1.29 is 45.7 Å². The van der Waals surface area contributed by atoms with E-state index in [1.54, 1.807) is 5.38 Å². The van der Waals surface area contributed by atoms with Gasteiger partial charge in [-0.25, -0.2) is 9.78 Å². The van der Waals surface area contributed by atoms with Gasteiger partial charge in [-0.05, 0) is 16.7 Å². The predicted molar refractivity (Wildman–Crippen MR) is 201 cm³/mol. The number of hydrogen-bond donors (Lipinski definition) is 2. The number of anilines is 1. The van der Waals surface area contributed by atoms with Crippen molar-refractivity contribution in [1.29, 1.82) is 0 Å². The molecule has 0 radical (unpaired) electrons. The summed E-state index contributed by atoms with van der Waals surface area (Å²) in [5, 5.41) is 20.9. The van der Waals surface area contributed by atoms with Crippen LogP contribution in [0, 0.1) is 0 Å². The van der Waals surface area contributed by atoms with Gasteiger partial charge in [-0.1, -0.05) is 187 Å². The van der Waals surface area contributed by atoms with E-state index in [9.17, 15) is 9.90 Å². The van der Waals surface area contributed by atoms with E-state index in [0.717, 1.165) is 33.4 Å². The SMILES string of the molecule is O=C(O)/C(=N\OC(c1ccccc1)(c1ccccc1)c1ccccc1)c1csc(NC(c2ccccc2)(c2ccccc2)c2ccccc2)n1.[H-].[Na+]. The molecule has 0 unspecified atom stereocenters. The van der Waals surface area contributed by atoms with Gasteiger partial charge in [0, 0.05) is 22.1 Å². The average Bonchev–Trinajstić information content (AvgIpc) is 3.65. The number of carbonyl (C=O) groups is 1. The zero-order valence-corrected chi connectivity index (χ0v) is 30.8. The molecule has 1 aromatic heterocycles. The maximum Gasteiger partial charge on any atom is 1.00 e. The van der Waals surface area contributed by atoms with Crippen LogP contribution in [0.5, 0.6) is 0 Å². The largest absolute Gasteiger partial charge is 1.00 e. The fraction of sp³-hybridized carbons (Fsp3) is 0.0465. The zero-order valence-electron chi connectivity index (χ0n) is 29.0. The minimum Gasteiger partial charge on any atom is -1.00 e. The van der Waals surface area contributed by atoms with Crippen molar-refractivity contribution in [3.05, 3.63) is 226 Å². The predicted octanol–water partition coefficient (Wildman–Crippen LogP) is 6.46. The number of benzene rings is 6. The van der Waals surface area contributed by atoms with Crippen LogP contribution in [-0.2, 0) is 20.8 Å². The van der Waals surface area contributed by atoms with E-state index in [2.05, 4.69) is 46.9 Å². The number of nitrogens with one attached hydrogen (secondary N) is 1. The van der Waals surface area contributed by atoms with Crippen molar-refractivity contribution in [1.82, 2.24) is 4.98 Å². The third-order valence-electron chi connectivity index (χ3n) is 8.68. The Morgan fingerprint density at radius 3 is 1.25 bits per heavy atom. The minimum atomic E-state index is -1.26. The van der Waals surface area contributed by atoms with E-state index >= 15 is 0 Å². The van der Waals surface area contributed by atoms with Crippen molar-refractivity contribution in [2.75, 3.05) is 5.32 Å². The number of nitrogens with zero attached hydrogens (tertiary/aromatic N) is 2. The first-order valence-electron chi connectivity index (χ1n) is 16.2. The number of carboxylic acid groups (broad SMARTS) is 1. The van der Waals surface area contributed by atoms with Gasteiger partial charge in [0.15, 0.2) is 5.13 Å². The minimum absolute atomic E-state index is 0. The molecule has 0 aliphatic rings. The third-order valence-corrected chi connectivity index (χ3v) is 9.44. The van der Waals surface area contributed by atoms with Crippen molar-refractivity contribution in [3.63, 3.8) is 0 Å². The van der Waals surface area contributed by atoms with E-state index in [1.165, 1.54) is 11.3 Å². The van der Waals surface area contributed by atoms with E-state index in [4.69, 9.17) is 9.82 Å². The first-order chi connectivity index (χ1) is 24.6. The smallest absolute Gasteiger partial charge is 1.00 e. The van der Waals surface area contributed by atoms with Crippen LogP contribution in [0.3, 0.4) is 0 Å². The summed E-state index contributed by atoms with van der Waals surface area (Å²) in [7, 11) is 0. The van der Waals surface area contributed by atoms with E-state index in [0.29, 0.717) is 5.13 Å². The molecule has 51 heavy (non-hydrogen) atoms. The van der Waals surface area contributed by atoms with E-state index in [1.807, 2.05) is 146 Å². The molecule has 0 fully saturated rings. The summed E-state index contributed by atoms with van der Waals surface area (Å²) in [6.07, 6.45) is 0. The Bertz CT molecular complexity index is 2000. The Morgan fingerprint density at radius 2 is 0.922 bits per heavy atom. The van der Waals surface area contributed by atoms with Crippen molar-refractivity contribution >= 4 is 28.1 Å². The molecule has 7 aromatic rings. The summed E-state index contributed by atoms with van der Waals surface area (Å²) >= 11 is 1.31. The fourth-order valence-corrected chi connectivity index (χ4v) is 7.12. The maximum atomic E-state index is 12.9. The third kappa shape index (κ3) is 7.16. The van der Waals surface area contributed by atoms with Gasteiger partial charge in [-0.2, -0.15) is 0 Å². The standard InChI is InChI=1S/C43H33N3O3S.Na.H/c47-40(48)39(46-49-43(35-25-13-4-14-26-35,36-27-15-5-16-28-36)37-29-17-6-18-30-37)38-31-50-41(44-38)45-42(32-19-7-1-8-20-32,33-21-9-2-10-22-33)34-23-11-3-12-24-34;;/h1-31H,(H,44,45)(H,47,48);;/q;+1;-1/b46-39-;;. The van der Waals surface area contributed by atoms with Crippen LogP contribution in [0.4, 0.5) is 5.13 Å². The fourth-order valence-electron chi connectivity index (χ4n) is 6.37. The summed E-state index contributed by atoms with van der Waals surface area (Å²) in [5.41, 5.74) is 3.18. The second-order valence-corrected chi connectivity index (χ2v) is 12.5. The Morgan fingerprint density at radius 1 is 0.588 bits per heavy atom. The number of aromatic nitrogens is 1. The monoisotopic (exact) mass is 695 g/mol. The zero-order chi connectivity index (χ0) is 34.2. The molecule has 0 saturated carbocycles. The molecule has 0 aliphatic carbocycles. The normalized spacial score (nSPS) is 11.6. The Hall–Kier alpha value is -5.31. The number of carboxylic acids is 1. The van der Waals surface area contributed by atoms with Gasteiger partial charge < -0.3 is 16.7 Å². The van der Waals surface area contributed by atoms with Crippen LogP contribution < -0.4 is 34.9 Å². The van der Waals surface area contributed by atoms with Gasteiger partial charge in [-0.15, -0.1) is 11.3 Å². The van der Waals surface area contributed by atoms with Crippen LogP contribution >= 0.6 is 11.3 Å². The molecule has 0 spiro atoms. The molecule has 2 N–H and O–H groups in total. The van der Waals surface area contributed by atoms with Crippen molar-refractivity contribution in [2.24, 2.45) is 5.16 Å². The van der Waals surface area contributed by atoms with Crippen LogP contribution in [0.15, 0.2) is 193 Å². The van der Waals surface area contributed by atoms with E-state index in [-0.39, 0.29) is 42.4 Å². The maximum absolute atomic E-state index is 12.9. The van der Waals surface area contributed by atoms with E-state index < -0.39 is 17.1 Å². The van der Waals surface area contributed by atoms with Crippen LogP contribution in [0.1, 0.15) is 40.5 Å². The number of hydrogen-bond acceptors (Lipinski definition) is 6. The summed E-state index contributed by atoms with van der Waals surface area (Å²) in [5.74, 6) is -1.26. The molecule has 6 nitrogen and oxygen atoms in total. The number of aliphatic carboxylic acids is 1. The Labute approximate surface area is 324 Å². The van der Waals surface area contributed by atoms with Crippen LogP contribution in [-0.4, -0.2) is 21.8 Å². The Kier molecular flexibility index (Phi) is 11.2. The van der Waals surface area contributed by atoms with Crippen LogP contribution in [0.25, 0.3) is 0 Å². The first kappa shape index (κ1) is 35.5. The average molecular weight is 696 g/mol. The summed E-state index contributed by atoms with van der Waals surface area (Å²) in [6, 6.07) is 59.6. The molecular formula is C43H34N3NaO3S. The molecule has 8 heteroatoms. The molecular weight excluding hydrogens is 662 g/mol. The van der Waals surface area contributed by atoms with Gasteiger partial charge in [0.05, 0.1) is 0 Å². The number of thiazole rings is 1. The summed E-state index contributed by atoms with van der Waals surface area (Å²) < 4.78 is 0. The molecule has 6 aromatic carbocycles. The van der Waals surface area contributed by atoms with Gasteiger partial charge in [0.1, 0.15) is 11.2 Å². The quantitative estimate of drug-likeness (QED) is 0.0664. The number of rotatable bonds is 12. The van der Waals surface area contributed by atoms with Gasteiger partial charge in [0.2, 0.25) is 11.3 Å². The van der Waals surface area contributed by atoms with Crippen LogP contribution in [0.2, 0.25) is 0 Å². The number of oxime groups is 1. The second-order valence-electron chi connectivity index (χ2n) is 11.6. The molecule has 7 rings (SSSR count). The molecule has 0 saturated heterocycles. The molecule has 246 valence electrons. The Balaban J connectivity index is 0.00000261. The first-order valence-corrected chi connectivity index (χ1v) is 17.1. The van der Waals surface area contributed by atoms with Crippen molar-refractivity contribution in [3.8, 4) is 0 Å². The molecule has 0 aliphatic heterocycles. The second kappa shape index (κ2) is 16.1. The molecule has 0 atom stereocenters. The summed E-state index contributed by atoms with van der Waals surface area (Å²) in [4.78, 5) is 24.3. The molecule has 0 bridgehead atoms. The molecule has 1 heterocycles. The van der Waals surface area contributed by atoms with Gasteiger partial charge >= 0.3 is 35.5 Å². The molecule has 0 amide bonds.